The predicted molar refractivity (Wildman–Crippen MR) is 112 cm³/mol. The second kappa shape index (κ2) is 7.12. The van der Waals surface area contributed by atoms with Crippen LogP contribution in [0.25, 0.3) is 5.69 Å². The van der Waals surface area contributed by atoms with Crippen LogP contribution in [0.15, 0.2) is 71.8 Å². The molecule has 1 N–H and O–H groups in total. The molecule has 0 spiro atoms. The topological polar surface area (TPSA) is 68.2 Å². The van der Waals surface area contributed by atoms with E-state index in [1.165, 1.54) is 0 Å². The van der Waals surface area contributed by atoms with Crippen molar-refractivity contribution in [3.63, 3.8) is 0 Å². The van der Waals surface area contributed by atoms with Gasteiger partial charge in [0.1, 0.15) is 5.69 Å². The van der Waals surface area contributed by atoms with E-state index in [0.717, 1.165) is 9.26 Å². The Balaban J connectivity index is 1.64. The molecule has 2 heterocycles. The molecule has 0 fully saturated rings. The summed E-state index contributed by atoms with van der Waals surface area (Å²) in [5, 5.41) is 3.01. The minimum atomic E-state index is -3.28. The largest absolute Gasteiger partial charge is 0.344 e. The van der Waals surface area contributed by atoms with E-state index in [9.17, 15) is 13.2 Å². The van der Waals surface area contributed by atoms with Gasteiger partial charge < -0.3 is 9.88 Å². The van der Waals surface area contributed by atoms with E-state index >= 15 is 0 Å². The number of hydrogen-bond acceptors (Lipinski definition) is 3. The van der Waals surface area contributed by atoms with E-state index in [-0.39, 0.29) is 17.7 Å². The van der Waals surface area contributed by atoms with Crippen molar-refractivity contribution in [2.24, 2.45) is 0 Å². The summed E-state index contributed by atoms with van der Waals surface area (Å²) in [7, 11) is -3.28. The van der Waals surface area contributed by atoms with Crippen LogP contribution in [0.1, 0.15) is 28.5 Å². The van der Waals surface area contributed by atoms with E-state index in [4.69, 9.17) is 0 Å². The van der Waals surface area contributed by atoms with Crippen LogP contribution in [-0.2, 0) is 9.84 Å². The molecule has 5 nitrogen and oxygen atoms in total. The number of benzene rings is 2. The molecule has 0 radical (unpaired) electrons. The third-order valence-corrected chi connectivity index (χ3v) is 7.16. The van der Waals surface area contributed by atoms with Gasteiger partial charge in [-0.2, -0.15) is 0 Å². The molecular weight excluding hydrogens is 475 g/mol. The number of carbonyl (C=O) groups is 1. The first-order chi connectivity index (χ1) is 13.0. The van der Waals surface area contributed by atoms with Gasteiger partial charge in [0.05, 0.1) is 16.7 Å². The third kappa shape index (κ3) is 3.53. The Labute approximate surface area is 171 Å². The predicted octanol–water partition coefficient (Wildman–Crippen LogP) is 3.73. The van der Waals surface area contributed by atoms with Gasteiger partial charge in [0.25, 0.3) is 5.91 Å². The first-order valence-corrected chi connectivity index (χ1v) is 11.2. The second-order valence-electron chi connectivity index (χ2n) is 6.41. The first kappa shape index (κ1) is 18.2. The molecule has 1 aliphatic heterocycles. The van der Waals surface area contributed by atoms with Crippen molar-refractivity contribution in [2.75, 3.05) is 5.75 Å². The van der Waals surface area contributed by atoms with E-state index in [1.807, 2.05) is 41.1 Å². The Morgan fingerprint density at radius 3 is 2.70 bits per heavy atom. The van der Waals surface area contributed by atoms with Gasteiger partial charge >= 0.3 is 0 Å². The smallest absolute Gasteiger partial charge is 0.268 e. The number of amides is 1. The molecule has 1 aliphatic rings. The lowest BCUT2D eigenvalue weighted by molar-refractivity contribution is 0.0927. The van der Waals surface area contributed by atoms with Gasteiger partial charge in [-0.25, -0.2) is 8.42 Å². The van der Waals surface area contributed by atoms with Gasteiger partial charge in [0.2, 0.25) is 0 Å². The number of halogens is 1. The molecule has 1 amide bonds. The summed E-state index contributed by atoms with van der Waals surface area (Å²) in [6, 6.07) is 18.0. The molecule has 0 saturated heterocycles. The van der Waals surface area contributed by atoms with Crippen LogP contribution in [0.3, 0.4) is 0 Å². The van der Waals surface area contributed by atoms with Crippen LogP contribution in [-0.4, -0.2) is 24.6 Å². The number of rotatable bonds is 3. The lowest BCUT2D eigenvalue weighted by atomic mass is 10.0. The lowest BCUT2D eigenvalue weighted by Gasteiger charge is -2.26. The van der Waals surface area contributed by atoms with E-state index in [0.29, 0.717) is 22.6 Å². The molecule has 1 unspecified atom stereocenters. The van der Waals surface area contributed by atoms with Crippen molar-refractivity contribution in [3.05, 3.63) is 81.7 Å². The molecule has 27 heavy (non-hydrogen) atoms. The number of fused-ring (bicyclic) bond motifs is 1. The second-order valence-corrected chi connectivity index (χ2v) is 9.74. The lowest BCUT2D eigenvalue weighted by Crippen LogP contribution is -2.34. The zero-order valence-electron chi connectivity index (χ0n) is 14.3. The van der Waals surface area contributed by atoms with Gasteiger partial charge in [-0.1, -0.05) is 24.3 Å². The van der Waals surface area contributed by atoms with Gasteiger partial charge in [-0.05, 0) is 71.0 Å². The Hall–Kier alpha value is -2.13. The molecule has 1 atom stereocenters. The Morgan fingerprint density at radius 1 is 1.07 bits per heavy atom. The molecule has 138 valence electrons. The summed E-state index contributed by atoms with van der Waals surface area (Å²) in [6.45, 7) is 0. The number of nitrogens with zero attached hydrogens (tertiary/aromatic N) is 1. The van der Waals surface area contributed by atoms with Crippen molar-refractivity contribution in [1.29, 1.82) is 0 Å². The van der Waals surface area contributed by atoms with Gasteiger partial charge in [0, 0.05) is 15.5 Å². The van der Waals surface area contributed by atoms with E-state index in [1.54, 1.807) is 30.3 Å². The molecule has 3 aromatic rings. The number of carbonyl (C=O) groups excluding carboxylic acids is 1. The van der Waals surface area contributed by atoms with Crippen molar-refractivity contribution in [1.82, 2.24) is 9.88 Å². The van der Waals surface area contributed by atoms with Gasteiger partial charge in [0.15, 0.2) is 9.84 Å². The van der Waals surface area contributed by atoms with Crippen LogP contribution in [0.4, 0.5) is 0 Å². The highest BCUT2D eigenvalue weighted by Gasteiger charge is 2.31. The van der Waals surface area contributed by atoms with E-state index < -0.39 is 9.84 Å². The van der Waals surface area contributed by atoms with Crippen molar-refractivity contribution in [3.8, 4) is 5.69 Å². The molecular formula is C20H17IN2O3S. The first-order valence-electron chi connectivity index (χ1n) is 8.51. The van der Waals surface area contributed by atoms with E-state index in [2.05, 4.69) is 27.9 Å². The summed E-state index contributed by atoms with van der Waals surface area (Å²) in [4.78, 5) is 13.3. The molecule has 4 rings (SSSR count). The molecule has 1 aromatic heterocycles. The fraction of sp³-hybridized carbons (Fsp3) is 0.150. The maximum Gasteiger partial charge on any atom is 0.268 e. The summed E-state index contributed by atoms with van der Waals surface area (Å²) >= 11 is 2.24. The summed E-state index contributed by atoms with van der Waals surface area (Å²) in [5.41, 5.74) is 2.08. The zero-order valence-corrected chi connectivity index (χ0v) is 17.3. The SMILES string of the molecule is O=C(NC1CCS(=O)(=O)c2ccccc21)c1cccn1-c1cccc(I)c1. The highest BCUT2D eigenvalue weighted by molar-refractivity contribution is 14.1. The summed E-state index contributed by atoms with van der Waals surface area (Å²) in [5.74, 6) is -0.190. The average molecular weight is 492 g/mol. The average Bonchev–Trinajstić information content (AvgIpc) is 3.14. The normalized spacial score (nSPS) is 17.9. The Kier molecular flexibility index (Phi) is 4.81. The number of hydrogen-bond donors (Lipinski definition) is 1. The Bertz CT molecular complexity index is 1120. The minimum absolute atomic E-state index is 0.0346. The van der Waals surface area contributed by atoms with Crippen LogP contribution in [0, 0.1) is 3.57 Å². The summed E-state index contributed by atoms with van der Waals surface area (Å²) < 4.78 is 27.5. The highest BCUT2D eigenvalue weighted by atomic mass is 127. The van der Waals surface area contributed by atoms with Gasteiger partial charge in [-0.3, -0.25) is 4.79 Å². The molecule has 0 aliphatic carbocycles. The fourth-order valence-corrected chi connectivity index (χ4v) is 5.54. The molecule has 0 saturated carbocycles. The zero-order chi connectivity index (χ0) is 19.0. The molecule has 0 bridgehead atoms. The van der Waals surface area contributed by atoms with Crippen molar-refractivity contribution >= 4 is 38.3 Å². The highest BCUT2D eigenvalue weighted by Crippen LogP contribution is 2.32. The van der Waals surface area contributed by atoms with Crippen LogP contribution in [0.2, 0.25) is 0 Å². The number of aromatic nitrogens is 1. The summed E-state index contributed by atoms with van der Waals surface area (Å²) in [6.07, 6.45) is 2.22. The monoisotopic (exact) mass is 492 g/mol. The number of nitrogens with one attached hydrogen (secondary N) is 1. The van der Waals surface area contributed by atoms with Crippen molar-refractivity contribution in [2.45, 2.75) is 17.4 Å². The van der Waals surface area contributed by atoms with Crippen LogP contribution < -0.4 is 5.32 Å². The van der Waals surface area contributed by atoms with Crippen molar-refractivity contribution < 1.29 is 13.2 Å². The van der Waals surface area contributed by atoms with Crippen LogP contribution >= 0.6 is 22.6 Å². The minimum Gasteiger partial charge on any atom is -0.344 e. The maximum absolute atomic E-state index is 12.9. The standard InChI is InChI=1S/C20H17IN2O3S/c21-14-5-3-6-15(13-14)23-11-4-8-18(23)20(24)22-17-10-12-27(25,26)19-9-2-1-7-16(17)19/h1-9,11,13,17H,10,12H2,(H,22,24). The quantitative estimate of drug-likeness (QED) is 0.567. The van der Waals surface area contributed by atoms with Gasteiger partial charge in [-0.15, -0.1) is 0 Å². The number of sulfone groups is 1. The third-order valence-electron chi connectivity index (χ3n) is 4.68. The molecule has 2 aromatic carbocycles. The fourth-order valence-electron chi connectivity index (χ4n) is 3.39. The molecule has 7 heteroatoms. The Morgan fingerprint density at radius 2 is 1.89 bits per heavy atom. The maximum atomic E-state index is 12.9. The van der Waals surface area contributed by atoms with Crippen LogP contribution in [0.5, 0.6) is 0 Å².